The van der Waals surface area contributed by atoms with Crippen LogP contribution >= 0.6 is 0 Å². The molecule has 0 atom stereocenters. The third kappa shape index (κ3) is 2.46. The van der Waals surface area contributed by atoms with Crippen LogP contribution in [0.3, 0.4) is 0 Å². The Hall–Kier alpha value is -1.75. The van der Waals surface area contributed by atoms with Crippen molar-refractivity contribution in [1.82, 2.24) is 14.4 Å². The van der Waals surface area contributed by atoms with E-state index >= 15 is 0 Å². The predicted octanol–water partition coefficient (Wildman–Crippen LogP) is 2.34. The molecule has 0 bridgehead atoms. The molecule has 0 unspecified atom stereocenters. The summed E-state index contributed by atoms with van der Waals surface area (Å²) in [5.74, 6) is 1.01. The molecule has 114 valence electrons. The van der Waals surface area contributed by atoms with Gasteiger partial charge in [-0.2, -0.15) is 0 Å². The van der Waals surface area contributed by atoms with Gasteiger partial charge in [-0.05, 0) is 20.4 Å². The highest BCUT2D eigenvalue weighted by atomic mass is 16.3. The van der Waals surface area contributed by atoms with Crippen LogP contribution in [0.4, 0.5) is 0 Å². The number of hydrogen-bond donors (Lipinski definition) is 0. The highest BCUT2D eigenvalue weighted by molar-refractivity contribution is 5.97. The molecule has 0 aromatic carbocycles. The fourth-order valence-electron chi connectivity index (χ4n) is 3.11. The first-order valence-corrected chi connectivity index (χ1v) is 7.75. The number of furan rings is 1. The van der Waals surface area contributed by atoms with Gasteiger partial charge in [-0.1, -0.05) is 6.92 Å². The molecule has 2 aromatic heterocycles. The van der Waals surface area contributed by atoms with E-state index in [0.29, 0.717) is 0 Å². The molecule has 1 saturated heterocycles. The number of hydrogen-bond acceptors (Lipinski definition) is 3. The number of carbonyl (C=O) groups is 1. The van der Waals surface area contributed by atoms with Gasteiger partial charge in [0, 0.05) is 44.9 Å². The molecular formula is C16H23N3O2. The predicted molar refractivity (Wildman–Crippen MR) is 82.6 cm³/mol. The number of aromatic nitrogens is 1. The third-order valence-corrected chi connectivity index (χ3v) is 4.35. The zero-order valence-corrected chi connectivity index (χ0v) is 13.1. The second-order valence-electron chi connectivity index (χ2n) is 5.61. The smallest absolute Gasteiger partial charge is 0.270 e. The van der Waals surface area contributed by atoms with Gasteiger partial charge in [0.15, 0.2) is 5.58 Å². The Balaban J connectivity index is 1.86. The van der Waals surface area contributed by atoms with Crippen molar-refractivity contribution < 1.29 is 9.21 Å². The van der Waals surface area contributed by atoms with Crippen molar-refractivity contribution in [2.45, 2.75) is 27.3 Å². The van der Waals surface area contributed by atoms with Gasteiger partial charge < -0.3 is 18.8 Å². The molecule has 1 aliphatic rings. The van der Waals surface area contributed by atoms with Crippen molar-refractivity contribution in [3.63, 3.8) is 0 Å². The summed E-state index contributed by atoms with van der Waals surface area (Å²) < 4.78 is 7.72. The minimum Gasteiger partial charge on any atom is -0.460 e. The molecule has 0 spiro atoms. The summed E-state index contributed by atoms with van der Waals surface area (Å²) in [6, 6.07) is 3.89. The Morgan fingerprint density at radius 1 is 1.14 bits per heavy atom. The molecule has 0 saturated carbocycles. The lowest BCUT2D eigenvalue weighted by Gasteiger charge is -2.34. The summed E-state index contributed by atoms with van der Waals surface area (Å²) in [5.41, 5.74) is 2.58. The summed E-state index contributed by atoms with van der Waals surface area (Å²) in [6.07, 6.45) is 0. The second kappa shape index (κ2) is 5.56. The van der Waals surface area contributed by atoms with Crippen molar-refractivity contribution in [3.05, 3.63) is 23.6 Å². The number of amides is 1. The average Bonchev–Trinajstić information content (AvgIpc) is 3.02. The van der Waals surface area contributed by atoms with Gasteiger partial charge in [0.05, 0.1) is 5.52 Å². The van der Waals surface area contributed by atoms with Gasteiger partial charge in [-0.3, -0.25) is 4.79 Å². The minimum absolute atomic E-state index is 0.122. The molecule has 1 fully saturated rings. The second-order valence-corrected chi connectivity index (χ2v) is 5.61. The molecule has 0 aliphatic carbocycles. The van der Waals surface area contributed by atoms with E-state index in [1.807, 2.05) is 24.0 Å². The van der Waals surface area contributed by atoms with Crippen molar-refractivity contribution in [2.24, 2.45) is 0 Å². The van der Waals surface area contributed by atoms with Crippen LogP contribution < -0.4 is 0 Å². The Morgan fingerprint density at radius 3 is 2.48 bits per heavy atom. The number of piperazine rings is 1. The maximum atomic E-state index is 12.8. The average molecular weight is 289 g/mol. The van der Waals surface area contributed by atoms with E-state index in [-0.39, 0.29) is 5.91 Å². The van der Waals surface area contributed by atoms with Gasteiger partial charge in [0.2, 0.25) is 0 Å². The molecule has 21 heavy (non-hydrogen) atoms. The van der Waals surface area contributed by atoms with Gasteiger partial charge >= 0.3 is 0 Å². The van der Waals surface area contributed by atoms with Crippen LogP contribution in [0.5, 0.6) is 0 Å². The molecule has 5 heteroatoms. The van der Waals surface area contributed by atoms with Crippen molar-refractivity contribution in [3.8, 4) is 0 Å². The maximum Gasteiger partial charge on any atom is 0.270 e. The summed E-state index contributed by atoms with van der Waals surface area (Å²) in [5, 5.41) is 0. The molecule has 2 aromatic rings. The molecule has 1 aliphatic heterocycles. The number of aryl methyl sites for hydroxylation is 2. The Bertz CT molecular complexity index is 648. The topological polar surface area (TPSA) is 41.6 Å². The third-order valence-electron chi connectivity index (χ3n) is 4.35. The number of likely N-dealkylation sites (N-methyl/N-ethyl adjacent to an activating group) is 1. The number of carbonyl (C=O) groups excluding carboxylic acids is 1. The van der Waals surface area contributed by atoms with Crippen LogP contribution in [-0.2, 0) is 6.54 Å². The van der Waals surface area contributed by atoms with E-state index in [4.69, 9.17) is 4.42 Å². The fraction of sp³-hybridized carbons (Fsp3) is 0.562. The Labute approximate surface area is 125 Å². The number of nitrogens with zero attached hydrogens (tertiary/aromatic N) is 3. The van der Waals surface area contributed by atoms with Gasteiger partial charge in [-0.25, -0.2) is 0 Å². The van der Waals surface area contributed by atoms with Crippen LogP contribution in [-0.4, -0.2) is 53.0 Å². The molecule has 5 nitrogen and oxygen atoms in total. The lowest BCUT2D eigenvalue weighted by Crippen LogP contribution is -2.48. The van der Waals surface area contributed by atoms with E-state index in [0.717, 1.165) is 61.8 Å². The van der Waals surface area contributed by atoms with Crippen LogP contribution in [0.1, 0.15) is 30.1 Å². The van der Waals surface area contributed by atoms with E-state index < -0.39 is 0 Å². The highest BCUT2D eigenvalue weighted by Crippen LogP contribution is 2.24. The minimum atomic E-state index is 0.122. The Kier molecular flexibility index (Phi) is 3.76. The van der Waals surface area contributed by atoms with Gasteiger partial charge in [0.25, 0.3) is 5.91 Å². The summed E-state index contributed by atoms with van der Waals surface area (Å²) in [7, 11) is 0. The van der Waals surface area contributed by atoms with Crippen LogP contribution in [0, 0.1) is 6.92 Å². The monoisotopic (exact) mass is 289 g/mol. The lowest BCUT2D eigenvalue weighted by atomic mass is 10.2. The normalized spacial score (nSPS) is 16.8. The first-order valence-electron chi connectivity index (χ1n) is 7.75. The van der Waals surface area contributed by atoms with E-state index in [1.54, 1.807) is 0 Å². The van der Waals surface area contributed by atoms with Crippen molar-refractivity contribution >= 4 is 17.0 Å². The molecule has 3 heterocycles. The Morgan fingerprint density at radius 2 is 1.86 bits per heavy atom. The van der Waals surface area contributed by atoms with E-state index in [9.17, 15) is 4.79 Å². The van der Waals surface area contributed by atoms with E-state index in [1.165, 1.54) is 0 Å². The first-order chi connectivity index (χ1) is 10.1. The quantitative estimate of drug-likeness (QED) is 0.871. The molecule has 1 amide bonds. The lowest BCUT2D eigenvalue weighted by molar-refractivity contribution is 0.0633. The summed E-state index contributed by atoms with van der Waals surface area (Å²) in [4.78, 5) is 17.1. The summed E-state index contributed by atoms with van der Waals surface area (Å²) in [6.45, 7) is 11.5. The molecule has 0 N–H and O–H groups in total. The first kappa shape index (κ1) is 14.2. The van der Waals surface area contributed by atoms with Gasteiger partial charge in [0.1, 0.15) is 11.5 Å². The van der Waals surface area contributed by atoms with Gasteiger partial charge in [-0.15, -0.1) is 0 Å². The number of fused-ring (bicyclic) bond motifs is 1. The zero-order valence-electron chi connectivity index (χ0n) is 13.1. The SMILES string of the molecule is CCN1CCN(C(=O)c2cc3oc(C)cc3n2CC)CC1. The molecule has 3 rings (SSSR count). The molecular weight excluding hydrogens is 266 g/mol. The largest absolute Gasteiger partial charge is 0.460 e. The fourth-order valence-corrected chi connectivity index (χ4v) is 3.11. The highest BCUT2D eigenvalue weighted by Gasteiger charge is 2.25. The zero-order chi connectivity index (χ0) is 15.0. The van der Waals surface area contributed by atoms with E-state index in [2.05, 4.69) is 23.3 Å². The van der Waals surface area contributed by atoms with Crippen molar-refractivity contribution in [1.29, 1.82) is 0 Å². The van der Waals surface area contributed by atoms with Crippen LogP contribution in [0.15, 0.2) is 16.5 Å². The standard InChI is InChI=1S/C16H23N3O2/c1-4-17-6-8-18(9-7-17)16(20)14-11-15-13(19(14)5-2)10-12(3)21-15/h10-11H,4-9H2,1-3H3. The maximum absolute atomic E-state index is 12.8. The molecule has 0 radical (unpaired) electrons. The van der Waals surface area contributed by atoms with Crippen molar-refractivity contribution in [2.75, 3.05) is 32.7 Å². The van der Waals surface area contributed by atoms with Crippen LogP contribution in [0.25, 0.3) is 11.1 Å². The number of rotatable bonds is 3. The summed E-state index contributed by atoms with van der Waals surface area (Å²) >= 11 is 0. The van der Waals surface area contributed by atoms with Crippen LogP contribution in [0.2, 0.25) is 0 Å².